The summed E-state index contributed by atoms with van der Waals surface area (Å²) in [4.78, 5) is 12.4. The number of allylic oxidation sites excluding steroid dienone is 12. The third-order valence-corrected chi connectivity index (χ3v) is 9.69. The van der Waals surface area contributed by atoms with Crippen LogP contribution in [0.3, 0.4) is 0 Å². The molecular weight excluding hydrogens is 332 g/mol. The molecule has 3 aliphatic carbocycles. The van der Waals surface area contributed by atoms with Crippen LogP contribution in [0, 0.1) is 16.2 Å². The highest BCUT2D eigenvalue weighted by Crippen LogP contribution is 2.47. The van der Waals surface area contributed by atoms with Crippen molar-refractivity contribution in [2.45, 2.75) is 60.8 Å². The Kier molecular flexibility index (Phi) is 4.73. The fraction of sp³-hybridized carbons (Fsp3) is 0.500. The molecule has 0 heterocycles. The lowest BCUT2D eigenvalue weighted by molar-refractivity contribution is 0.440. The van der Waals surface area contributed by atoms with Gasteiger partial charge in [0, 0.05) is 0 Å². The second kappa shape index (κ2) is 6.35. The Morgan fingerprint density at radius 1 is 0.615 bits per heavy atom. The first-order chi connectivity index (χ1) is 11.9. The fourth-order valence-electron chi connectivity index (χ4n) is 4.46. The predicted molar refractivity (Wildman–Crippen MR) is 115 cm³/mol. The van der Waals surface area contributed by atoms with E-state index in [-0.39, 0.29) is 16.2 Å². The average Bonchev–Trinajstić information content (AvgIpc) is 2.51. The van der Waals surface area contributed by atoms with Crippen molar-refractivity contribution in [3.63, 3.8) is 0 Å². The molecule has 0 aromatic rings. The Bertz CT molecular complexity index is 663. The Hall–Kier alpha value is -1.38. The van der Waals surface area contributed by atoms with Gasteiger partial charge in [0.1, 0.15) is 0 Å². The van der Waals surface area contributed by atoms with Crippen LogP contribution in [0.2, 0.25) is 0 Å². The van der Waals surface area contributed by atoms with Gasteiger partial charge in [-0.25, -0.2) is 0 Å². The summed E-state index contributed by atoms with van der Waals surface area (Å²) in [6, 6.07) is 0. The quantitative estimate of drug-likeness (QED) is 0.583. The highest BCUT2D eigenvalue weighted by atomic mass is 28.4. The zero-order valence-corrected chi connectivity index (χ0v) is 18.3. The van der Waals surface area contributed by atoms with Crippen LogP contribution in [-0.2, 0) is 0 Å². The van der Waals surface area contributed by atoms with E-state index in [0.717, 1.165) is 19.3 Å². The maximum Gasteiger partial charge on any atom is 0.273 e. The molecule has 0 saturated heterocycles. The Morgan fingerprint density at radius 3 is 1.12 bits per heavy atom. The summed E-state index contributed by atoms with van der Waals surface area (Å²) in [6.45, 7) is 13.6. The molecule has 0 aromatic carbocycles. The van der Waals surface area contributed by atoms with Gasteiger partial charge in [0.2, 0.25) is 0 Å². The molecule has 140 valence electrons. The monoisotopic (exact) mass is 366 g/mol. The van der Waals surface area contributed by atoms with E-state index in [4.69, 9.17) is 0 Å². The van der Waals surface area contributed by atoms with E-state index in [2.05, 4.69) is 96.2 Å². The van der Waals surface area contributed by atoms with Gasteiger partial charge in [-0.2, -0.15) is 0 Å². The van der Waals surface area contributed by atoms with Crippen molar-refractivity contribution in [3.8, 4) is 0 Å². The SMILES string of the molecule is CC1(C)C=CC=C([Si](O)(C2=CC=CC(C)(C)C2)C2=CC=CC(C)(C)C2)C1. The van der Waals surface area contributed by atoms with E-state index in [1.54, 1.807) is 0 Å². The van der Waals surface area contributed by atoms with Crippen LogP contribution < -0.4 is 0 Å². The van der Waals surface area contributed by atoms with E-state index < -0.39 is 8.32 Å². The minimum absolute atomic E-state index is 0.103. The maximum absolute atomic E-state index is 12.4. The molecular formula is C24H34OSi. The molecule has 0 aliphatic heterocycles. The number of hydrogen-bond acceptors (Lipinski definition) is 1. The van der Waals surface area contributed by atoms with Crippen LogP contribution in [0.15, 0.2) is 70.3 Å². The lowest BCUT2D eigenvalue weighted by Crippen LogP contribution is -2.47. The second-order valence-corrected chi connectivity index (χ2v) is 13.7. The molecule has 0 unspecified atom stereocenters. The molecule has 3 aliphatic rings. The molecule has 2 heteroatoms. The Balaban J connectivity index is 2.11. The minimum Gasteiger partial charge on any atom is -0.421 e. The molecule has 0 spiro atoms. The third kappa shape index (κ3) is 3.82. The molecule has 26 heavy (non-hydrogen) atoms. The van der Waals surface area contributed by atoms with Gasteiger partial charge in [0.05, 0.1) is 0 Å². The fourth-order valence-corrected chi connectivity index (χ4v) is 8.85. The summed E-state index contributed by atoms with van der Waals surface area (Å²) in [5.74, 6) is 0. The maximum atomic E-state index is 12.4. The van der Waals surface area contributed by atoms with Crippen molar-refractivity contribution in [3.05, 3.63) is 70.3 Å². The largest absolute Gasteiger partial charge is 0.421 e. The average molecular weight is 367 g/mol. The molecule has 0 amide bonds. The van der Waals surface area contributed by atoms with Crippen LogP contribution >= 0.6 is 0 Å². The molecule has 0 bridgehead atoms. The van der Waals surface area contributed by atoms with Crippen molar-refractivity contribution in [1.82, 2.24) is 0 Å². The molecule has 0 fully saturated rings. The van der Waals surface area contributed by atoms with E-state index in [9.17, 15) is 4.80 Å². The van der Waals surface area contributed by atoms with Gasteiger partial charge in [-0.3, -0.25) is 0 Å². The van der Waals surface area contributed by atoms with Crippen LogP contribution in [0.5, 0.6) is 0 Å². The van der Waals surface area contributed by atoms with Crippen LogP contribution in [-0.4, -0.2) is 13.1 Å². The topological polar surface area (TPSA) is 20.2 Å². The van der Waals surface area contributed by atoms with Gasteiger partial charge in [-0.15, -0.1) is 0 Å². The second-order valence-electron chi connectivity index (χ2n) is 10.4. The molecule has 0 saturated carbocycles. The van der Waals surface area contributed by atoms with Crippen molar-refractivity contribution < 1.29 is 4.80 Å². The van der Waals surface area contributed by atoms with Crippen molar-refractivity contribution in [2.24, 2.45) is 16.2 Å². The Morgan fingerprint density at radius 2 is 0.885 bits per heavy atom. The lowest BCUT2D eigenvalue weighted by atomic mass is 9.85. The van der Waals surface area contributed by atoms with Crippen LogP contribution in [0.4, 0.5) is 0 Å². The zero-order valence-electron chi connectivity index (χ0n) is 17.3. The first kappa shape index (κ1) is 19.4. The summed E-state index contributed by atoms with van der Waals surface area (Å²) < 4.78 is 0. The van der Waals surface area contributed by atoms with Gasteiger partial charge in [0.25, 0.3) is 8.32 Å². The van der Waals surface area contributed by atoms with E-state index in [0.29, 0.717) is 0 Å². The van der Waals surface area contributed by atoms with Crippen LogP contribution in [0.1, 0.15) is 60.8 Å². The molecule has 0 radical (unpaired) electrons. The molecule has 0 aromatic heterocycles. The Labute approximate surface area is 160 Å². The summed E-state index contributed by atoms with van der Waals surface area (Å²) >= 11 is 0. The van der Waals surface area contributed by atoms with E-state index >= 15 is 0 Å². The van der Waals surface area contributed by atoms with Gasteiger partial charge in [-0.05, 0) is 51.1 Å². The predicted octanol–water partition coefficient (Wildman–Crippen LogP) is 6.28. The number of hydrogen-bond donors (Lipinski definition) is 1. The minimum atomic E-state index is -2.88. The zero-order chi connectivity index (χ0) is 19.2. The first-order valence-electron chi connectivity index (χ1n) is 9.83. The molecule has 3 rings (SSSR count). The van der Waals surface area contributed by atoms with Gasteiger partial charge in [0.15, 0.2) is 0 Å². The van der Waals surface area contributed by atoms with Crippen LogP contribution in [0.25, 0.3) is 0 Å². The summed E-state index contributed by atoms with van der Waals surface area (Å²) in [5.41, 5.74) is 0.310. The molecule has 1 N–H and O–H groups in total. The molecule has 1 nitrogen and oxygen atoms in total. The van der Waals surface area contributed by atoms with Crippen molar-refractivity contribution in [1.29, 1.82) is 0 Å². The highest BCUT2D eigenvalue weighted by molar-refractivity contribution is 6.92. The summed E-state index contributed by atoms with van der Waals surface area (Å²) in [7, 11) is -2.88. The third-order valence-electron chi connectivity index (χ3n) is 5.87. The van der Waals surface area contributed by atoms with Gasteiger partial charge in [-0.1, -0.05) is 96.2 Å². The van der Waals surface area contributed by atoms with Crippen molar-refractivity contribution in [2.75, 3.05) is 0 Å². The smallest absolute Gasteiger partial charge is 0.273 e. The van der Waals surface area contributed by atoms with Gasteiger partial charge >= 0.3 is 0 Å². The van der Waals surface area contributed by atoms with E-state index in [1.807, 2.05) is 0 Å². The molecule has 0 atom stereocenters. The summed E-state index contributed by atoms with van der Waals surface area (Å²) in [5, 5.41) is 3.79. The number of rotatable bonds is 3. The lowest BCUT2D eigenvalue weighted by Gasteiger charge is -2.42. The van der Waals surface area contributed by atoms with Crippen molar-refractivity contribution >= 4 is 8.32 Å². The normalized spacial score (nSPS) is 26.2. The standard InChI is InChI=1S/C24H34OSi/c1-22(2)13-7-10-19(16-22)26(25,20-11-8-14-23(3,4)17-20)21-12-9-15-24(5,6)18-21/h7-15,25H,16-18H2,1-6H3. The van der Waals surface area contributed by atoms with Gasteiger partial charge < -0.3 is 4.80 Å². The van der Waals surface area contributed by atoms with E-state index in [1.165, 1.54) is 15.6 Å². The first-order valence-corrected chi connectivity index (χ1v) is 11.8. The summed E-state index contributed by atoms with van der Waals surface area (Å²) in [6.07, 6.45) is 22.7. The highest BCUT2D eigenvalue weighted by Gasteiger charge is 2.47.